The van der Waals surface area contributed by atoms with E-state index in [1.807, 2.05) is 24.0 Å². The van der Waals surface area contributed by atoms with Gasteiger partial charge in [-0.25, -0.2) is 9.67 Å². The maximum Gasteiger partial charge on any atom is 0.150 e. The number of thiophene rings is 1. The average Bonchev–Trinajstić information content (AvgIpc) is 3.33. The first-order valence-electron chi connectivity index (χ1n) is 10.6. The molecule has 1 aliphatic heterocycles. The number of nitrogens with zero attached hydrogens (tertiary/aromatic N) is 4. The molecule has 162 valence electrons. The molecule has 2 N–H and O–H groups in total. The number of likely N-dealkylation sites (N-methyl/N-ethyl adjacent to an activating group) is 1. The molecule has 1 atom stereocenters. The summed E-state index contributed by atoms with van der Waals surface area (Å²) in [6.07, 6.45) is 5.11. The van der Waals surface area contributed by atoms with Gasteiger partial charge in [0.2, 0.25) is 0 Å². The summed E-state index contributed by atoms with van der Waals surface area (Å²) in [5.74, 6) is 0.836. The topological polar surface area (TPSA) is 75.4 Å². The Morgan fingerprint density at radius 1 is 1.33 bits per heavy atom. The fourth-order valence-corrected chi connectivity index (χ4v) is 4.97. The minimum absolute atomic E-state index is 0.00317. The highest BCUT2D eigenvalue weighted by Crippen LogP contribution is 2.40. The van der Waals surface area contributed by atoms with E-state index in [2.05, 4.69) is 48.2 Å². The second-order valence-corrected chi connectivity index (χ2v) is 9.91. The molecule has 7 nitrogen and oxygen atoms in total. The van der Waals surface area contributed by atoms with Gasteiger partial charge in [-0.3, -0.25) is 0 Å². The molecule has 3 aromatic heterocycles. The van der Waals surface area contributed by atoms with Crippen molar-refractivity contribution in [2.45, 2.75) is 51.8 Å². The van der Waals surface area contributed by atoms with Gasteiger partial charge >= 0.3 is 0 Å². The molecule has 0 bridgehead atoms. The minimum Gasteiger partial charge on any atom is -0.395 e. The third-order valence-corrected chi connectivity index (χ3v) is 6.33. The largest absolute Gasteiger partial charge is 0.395 e. The van der Waals surface area contributed by atoms with Crippen LogP contribution >= 0.6 is 11.3 Å². The number of rotatable bonds is 6. The lowest BCUT2D eigenvalue weighted by Gasteiger charge is -2.24. The van der Waals surface area contributed by atoms with Crippen molar-refractivity contribution in [1.82, 2.24) is 14.8 Å². The van der Waals surface area contributed by atoms with Gasteiger partial charge in [-0.2, -0.15) is 5.10 Å². The summed E-state index contributed by atoms with van der Waals surface area (Å²) >= 11 is 1.71. The molecule has 4 rings (SSSR count). The molecule has 0 spiro atoms. The highest BCUT2D eigenvalue weighted by Gasteiger charge is 2.22. The van der Waals surface area contributed by atoms with E-state index >= 15 is 0 Å². The first-order valence-corrected chi connectivity index (χ1v) is 11.4. The lowest BCUT2D eigenvalue weighted by molar-refractivity contribution is -0.0383. The molecule has 1 saturated heterocycles. The van der Waals surface area contributed by atoms with E-state index in [0.717, 1.165) is 58.2 Å². The van der Waals surface area contributed by atoms with Crippen LogP contribution in [0.5, 0.6) is 0 Å². The monoisotopic (exact) mass is 429 g/mol. The number of anilines is 2. The van der Waals surface area contributed by atoms with Gasteiger partial charge in [0.15, 0.2) is 6.23 Å². The van der Waals surface area contributed by atoms with Crippen LogP contribution in [-0.4, -0.2) is 52.2 Å². The molecule has 1 unspecified atom stereocenters. The molecule has 1 aliphatic rings. The number of hydrogen-bond acceptors (Lipinski definition) is 7. The van der Waals surface area contributed by atoms with E-state index in [4.69, 9.17) is 9.72 Å². The fraction of sp³-hybridized carbons (Fsp3) is 0.545. The zero-order chi connectivity index (χ0) is 21.3. The van der Waals surface area contributed by atoms with Crippen LogP contribution in [0.4, 0.5) is 11.5 Å². The third kappa shape index (κ3) is 4.45. The summed E-state index contributed by atoms with van der Waals surface area (Å²) in [6, 6.07) is 6.26. The number of nitrogens with one attached hydrogen (secondary N) is 1. The van der Waals surface area contributed by atoms with Crippen molar-refractivity contribution in [2.75, 3.05) is 37.0 Å². The van der Waals surface area contributed by atoms with Gasteiger partial charge in [0.1, 0.15) is 5.82 Å². The first-order chi connectivity index (χ1) is 14.4. The second-order valence-electron chi connectivity index (χ2n) is 8.85. The standard InChI is InChI=1S/C22H31N5O2S/c1-22(2,3)25-19-14-17(26(4)10-11-28)21-15(24-19)13-18(30-21)16-8-9-23-27(16)20-7-5-6-12-29-20/h8-9,13-14,20,28H,5-7,10-12H2,1-4H3,(H,24,25). The zero-order valence-electron chi connectivity index (χ0n) is 18.2. The van der Waals surface area contributed by atoms with Crippen LogP contribution < -0.4 is 10.2 Å². The van der Waals surface area contributed by atoms with E-state index in [9.17, 15) is 5.11 Å². The van der Waals surface area contributed by atoms with Crippen LogP contribution in [-0.2, 0) is 4.74 Å². The van der Waals surface area contributed by atoms with Crippen molar-refractivity contribution in [1.29, 1.82) is 0 Å². The quantitative estimate of drug-likeness (QED) is 0.601. The number of aliphatic hydroxyl groups excluding tert-OH is 1. The predicted molar refractivity (Wildman–Crippen MR) is 123 cm³/mol. The Morgan fingerprint density at radius 3 is 2.87 bits per heavy atom. The van der Waals surface area contributed by atoms with E-state index in [0.29, 0.717) is 6.54 Å². The molecule has 0 aromatic carbocycles. The number of ether oxygens (including phenoxy) is 1. The normalized spacial score (nSPS) is 17.4. The van der Waals surface area contributed by atoms with Crippen molar-refractivity contribution in [3.05, 3.63) is 24.4 Å². The molecular weight excluding hydrogens is 398 g/mol. The highest BCUT2D eigenvalue weighted by atomic mass is 32.1. The number of aliphatic hydroxyl groups is 1. The molecule has 30 heavy (non-hydrogen) atoms. The smallest absolute Gasteiger partial charge is 0.150 e. The van der Waals surface area contributed by atoms with Gasteiger partial charge < -0.3 is 20.1 Å². The molecule has 1 fully saturated rings. The van der Waals surface area contributed by atoms with Crippen molar-refractivity contribution in [2.24, 2.45) is 0 Å². The van der Waals surface area contributed by atoms with E-state index in [1.54, 1.807) is 11.3 Å². The Kier molecular flexibility index (Phi) is 5.99. The summed E-state index contributed by atoms with van der Waals surface area (Å²) < 4.78 is 9.09. The summed E-state index contributed by atoms with van der Waals surface area (Å²) in [7, 11) is 2.01. The lowest BCUT2D eigenvalue weighted by Crippen LogP contribution is -2.27. The molecule has 0 saturated carbocycles. The number of fused-ring (bicyclic) bond motifs is 1. The Morgan fingerprint density at radius 2 is 2.17 bits per heavy atom. The molecule has 0 amide bonds. The maximum absolute atomic E-state index is 9.47. The number of aromatic nitrogens is 3. The van der Waals surface area contributed by atoms with Crippen molar-refractivity contribution < 1.29 is 9.84 Å². The van der Waals surface area contributed by atoms with Gasteiger partial charge in [0, 0.05) is 38.0 Å². The van der Waals surface area contributed by atoms with Gasteiger partial charge in [-0.05, 0) is 52.2 Å². The van der Waals surface area contributed by atoms with Gasteiger partial charge in [0.25, 0.3) is 0 Å². The van der Waals surface area contributed by atoms with Crippen LogP contribution in [0, 0.1) is 0 Å². The van der Waals surface area contributed by atoms with Crippen LogP contribution in [0.15, 0.2) is 24.4 Å². The Hall–Kier alpha value is -2.16. The highest BCUT2D eigenvalue weighted by molar-refractivity contribution is 7.22. The van der Waals surface area contributed by atoms with Gasteiger partial charge in [0.05, 0.1) is 33.1 Å². The number of hydrogen-bond donors (Lipinski definition) is 2. The molecule has 4 heterocycles. The fourth-order valence-electron chi connectivity index (χ4n) is 3.79. The Bertz CT molecular complexity index is 1000. The maximum atomic E-state index is 9.47. The first kappa shape index (κ1) is 21.1. The summed E-state index contributed by atoms with van der Waals surface area (Å²) in [6.45, 7) is 7.82. The van der Waals surface area contributed by atoms with Crippen molar-refractivity contribution in [3.8, 4) is 10.6 Å². The SMILES string of the molecule is CN(CCO)c1cc(NC(C)(C)C)nc2cc(-c3ccnn3C3CCCCO3)sc12. The Labute approximate surface area is 181 Å². The van der Waals surface area contributed by atoms with Crippen molar-refractivity contribution >= 4 is 33.1 Å². The van der Waals surface area contributed by atoms with E-state index in [-0.39, 0.29) is 18.4 Å². The zero-order valence-corrected chi connectivity index (χ0v) is 19.0. The lowest BCUT2D eigenvalue weighted by atomic mass is 10.1. The van der Waals surface area contributed by atoms with Crippen LogP contribution in [0.25, 0.3) is 20.8 Å². The summed E-state index contributed by atoms with van der Waals surface area (Å²) in [5, 5.41) is 17.5. The predicted octanol–water partition coefficient (Wildman–Crippen LogP) is 4.50. The van der Waals surface area contributed by atoms with Gasteiger partial charge in [-0.1, -0.05) is 0 Å². The molecular formula is C22H31N5O2S. The Balaban J connectivity index is 1.78. The van der Waals surface area contributed by atoms with Crippen LogP contribution in [0.2, 0.25) is 0 Å². The molecule has 8 heteroatoms. The third-order valence-electron chi connectivity index (χ3n) is 5.16. The van der Waals surface area contributed by atoms with Gasteiger partial charge in [-0.15, -0.1) is 11.3 Å². The summed E-state index contributed by atoms with van der Waals surface area (Å²) in [4.78, 5) is 8.09. The van der Waals surface area contributed by atoms with Crippen LogP contribution in [0.1, 0.15) is 46.3 Å². The minimum atomic E-state index is -0.0940. The second kappa shape index (κ2) is 8.53. The van der Waals surface area contributed by atoms with E-state index in [1.165, 1.54) is 0 Å². The molecule has 0 aliphatic carbocycles. The molecule has 3 aromatic rings. The average molecular weight is 430 g/mol. The molecule has 0 radical (unpaired) electrons. The van der Waals surface area contributed by atoms with E-state index < -0.39 is 0 Å². The summed E-state index contributed by atoms with van der Waals surface area (Å²) in [5.41, 5.74) is 2.98. The number of pyridine rings is 1. The van der Waals surface area contributed by atoms with Crippen LogP contribution in [0.3, 0.4) is 0 Å². The van der Waals surface area contributed by atoms with Crippen molar-refractivity contribution in [3.63, 3.8) is 0 Å².